The lowest BCUT2D eigenvalue weighted by atomic mass is 10.1. The van der Waals surface area contributed by atoms with Crippen molar-refractivity contribution in [2.24, 2.45) is 5.92 Å². The zero-order valence-electron chi connectivity index (χ0n) is 9.36. The molecule has 1 aromatic heterocycles. The average Bonchev–Trinajstić information content (AvgIpc) is 2.65. The number of aromatic nitrogens is 1. The van der Waals surface area contributed by atoms with Crippen molar-refractivity contribution < 1.29 is 4.74 Å². The van der Waals surface area contributed by atoms with Gasteiger partial charge in [0.2, 0.25) is 5.88 Å². The molecule has 0 saturated heterocycles. The molecule has 1 aliphatic rings. The number of pyridine rings is 1. The summed E-state index contributed by atoms with van der Waals surface area (Å²) in [5, 5.41) is 3.52. The molecule has 15 heavy (non-hydrogen) atoms. The number of methoxy groups -OCH3 is 1. The molecular formula is C12H18N2O. The lowest BCUT2D eigenvalue weighted by Gasteiger charge is -2.19. The van der Waals surface area contributed by atoms with Crippen molar-refractivity contribution in [1.29, 1.82) is 0 Å². The van der Waals surface area contributed by atoms with Gasteiger partial charge in [0.05, 0.1) is 12.8 Å². The molecule has 1 fully saturated rings. The highest BCUT2D eigenvalue weighted by molar-refractivity contribution is 5.52. The zero-order chi connectivity index (χ0) is 10.7. The summed E-state index contributed by atoms with van der Waals surface area (Å²) in [6.07, 6.45) is 5.64. The fraction of sp³-hybridized carbons (Fsp3) is 0.583. The maximum atomic E-state index is 5.22. The summed E-state index contributed by atoms with van der Waals surface area (Å²) in [6, 6.07) is 4.53. The maximum absolute atomic E-state index is 5.22. The molecule has 1 aliphatic carbocycles. The molecule has 0 amide bonds. The third-order valence-electron chi connectivity index (χ3n) is 3.17. The van der Waals surface area contributed by atoms with Gasteiger partial charge in [-0.3, -0.25) is 0 Å². The van der Waals surface area contributed by atoms with Crippen molar-refractivity contribution in [3.63, 3.8) is 0 Å². The molecule has 1 heterocycles. The molecule has 2 atom stereocenters. The van der Waals surface area contributed by atoms with Gasteiger partial charge in [-0.25, -0.2) is 4.98 Å². The highest BCUT2D eigenvalue weighted by atomic mass is 16.5. The molecule has 0 aliphatic heterocycles. The Morgan fingerprint density at radius 3 is 3.00 bits per heavy atom. The monoisotopic (exact) mass is 206 g/mol. The molecule has 2 rings (SSSR count). The van der Waals surface area contributed by atoms with E-state index in [9.17, 15) is 0 Å². The van der Waals surface area contributed by atoms with Crippen LogP contribution in [0.2, 0.25) is 0 Å². The van der Waals surface area contributed by atoms with E-state index < -0.39 is 0 Å². The summed E-state index contributed by atoms with van der Waals surface area (Å²) in [5.41, 5.74) is 1.01. The van der Waals surface area contributed by atoms with Gasteiger partial charge in [0.25, 0.3) is 0 Å². The van der Waals surface area contributed by atoms with Crippen LogP contribution in [0.1, 0.15) is 26.2 Å². The van der Waals surface area contributed by atoms with Gasteiger partial charge in [-0.05, 0) is 30.9 Å². The lowest BCUT2D eigenvalue weighted by molar-refractivity contribution is 0.398. The summed E-state index contributed by atoms with van der Waals surface area (Å²) in [4.78, 5) is 4.18. The second kappa shape index (κ2) is 4.51. The third-order valence-corrected chi connectivity index (χ3v) is 3.17. The standard InChI is InChI=1S/C12H18N2O/c1-9-5-3-6-10(9)14-11-7-4-8-13-12(11)15-2/h4,7-10,14H,3,5-6H2,1-2H3. The normalized spacial score (nSPS) is 25.2. The number of nitrogens with one attached hydrogen (secondary N) is 1. The first-order valence-corrected chi connectivity index (χ1v) is 5.57. The Hall–Kier alpha value is -1.25. The van der Waals surface area contributed by atoms with Crippen LogP contribution in [0.5, 0.6) is 5.88 Å². The molecule has 2 unspecified atom stereocenters. The van der Waals surface area contributed by atoms with Crippen LogP contribution in [0.15, 0.2) is 18.3 Å². The van der Waals surface area contributed by atoms with Crippen molar-refractivity contribution in [3.05, 3.63) is 18.3 Å². The van der Waals surface area contributed by atoms with Gasteiger partial charge in [-0.15, -0.1) is 0 Å². The molecule has 3 heteroatoms. The van der Waals surface area contributed by atoms with Crippen molar-refractivity contribution >= 4 is 5.69 Å². The topological polar surface area (TPSA) is 34.1 Å². The smallest absolute Gasteiger partial charge is 0.237 e. The van der Waals surface area contributed by atoms with Gasteiger partial charge >= 0.3 is 0 Å². The van der Waals surface area contributed by atoms with Crippen LogP contribution in [0.25, 0.3) is 0 Å². The van der Waals surface area contributed by atoms with E-state index in [1.807, 2.05) is 12.1 Å². The van der Waals surface area contributed by atoms with Crippen LogP contribution in [0, 0.1) is 5.92 Å². The highest BCUT2D eigenvalue weighted by Gasteiger charge is 2.23. The summed E-state index contributed by atoms with van der Waals surface area (Å²) < 4.78 is 5.22. The first kappa shape index (κ1) is 10.3. The molecule has 1 N–H and O–H groups in total. The predicted octanol–water partition coefficient (Wildman–Crippen LogP) is 2.69. The van der Waals surface area contributed by atoms with Gasteiger partial charge in [-0.1, -0.05) is 13.3 Å². The Balaban J connectivity index is 2.09. The van der Waals surface area contributed by atoms with Crippen LogP contribution in [0.4, 0.5) is 5.69 Å². The summed E-state index contributed by atoms with van der Waals surface area (Å²) in [6.45, 7) is 2.30. The SMILES string of the molecule is COc1ncccc1NC1CCCC1C. The van der Waals surface area contributed by atoms with E-state index in [0.29, 0.717) is 11.9 Å². The van der Waals surface area contributed by atoms with Gasteiger partial charge in [0.15, 0.2) is 0 Å². The van der Waals surface area contributed by atoms with E-state index in [4.69, 9.17) is 4.74 Å². The zero-order valence-corrected chi connectivity index (χ0v) is 9.36. The van der Waals surface area contributed by atoms with Crippen LogP contribution >= 0.6 is 0 Å². The second-order valence-corrected chi connectivity index (χ2v) is 4.22. The minimum atomic E-state index is 0.572. The molecule has 1 aromatic rings. The van der Waals surface area contributed by atoms with E-state index in [0.717, 1.165) is 11.6 Å². The minimum Gasteiger partial charge on any atom is -0.480 e. The Kier molecular flexibility index (Phi) is 3.09. The molecule has 82 valence electrons. The molecule has 0 bridgehead atoms. The number of anilines is 1. The maximum Gasteiger partial charge on any atom is 0.237 e. The van der Waals surface area contributed by atoms with E-state index in [-0.39, 0.29) is 0 Å². The molecule has 0 spiro atoms. The number of rotatable bonds is 3. The lowest BCUT2D eigenvalue weighted by Crippen LogP contribution is -2.22. The van der Waals surface area contributed by atoms with Crippen molar-refractivity contribution in [2.75, 3.05) is 12.4 Å². The van der Waals surface area contributed by atoms with Gasteiger partial charge in [-0.2, -0.15) is 0 Å². The predicted molar refractivity (Wildman–Crippen MR) is 61.2 cm³/mol. The number of hydrogen-bond donors (Lipinski definition) is 1. The Labute approximate surface area is 90.9 Å². The Bertz CT molecular complexity index is 327. The largest absolute Gasteiger partial charge is 0.480 e. The van der Waals surface area contributed by atoms with Crippen LogP contribution in [-0.2, 0) is 0 Å². The first-order chi connectivity index (χ1) is 7.31. The number of hydrogen-bond acceptors (Lipinski definition) is 3. The van der Waals surface area contributed by atoms with Gasteiger partial charge < -0.3 is 10.1 Å². The van der Waals surface area contributed by atoms with E-state index in [2.05, 4.69) is 17.2 Å². The van der Waals surface area contributed by atoms with Gasteiger partial charge in [0, 0.05) is 12.2 Å². The fourth-order valence-electron chi connectivity index (χ4n) is 2.22. The molecule has 1 saturated carbocycles. The van der Waals surface area contributed by atoms with Crippen molar-refractivity contribution in [2.45, 2.75) is 32.2 Å². The number of ether oxygens (including phenoxy) is 1. The molecule has 0 aromatic carbocycles. The van der Waals surface area contributed by atoms with Gasteiger partial charge in [0.1, 0.15) is 0 Å². The summed E-state index contributed by atoms with van der Waals surface area (Å²) in [5.74, 6) is 1.44. The second-order valence-electron chi connectivity index (χ2n) is 4.22. The summed E-state index contributed by atoms with van der Waals surface area (Å²) in [7, 11) is 1.66. The van der Waals surface area contributed by atoms with Crippen molar-refractivity contribution in [3.8, 4) is 5.88 Å². The van der Waals surface area contributed by atoms with Crippen molar-refractivity contribution in [1.82, 2.24) is 4.98 Å². The van der Waals surface area contributed by atoms with E-state index >= 15 is 0 Å². The highest BCUT2D eigenvalue weighted by Crippen LogP contribution is 2.30. The summed E-state index contributed by atoms with van der Waals surface area (Å²) >= 11 is 0. The van der Waals surface area contributed by atoms with E-state index in [1.165, 1.54) is 19.3 Å². The molecular weight excluding hydrogens is 188 g/mol. The van der Waals surface area contributed by atoms with Crippen LogP contribution in [-0.4, -0.2) is 18.1 Å². The molecule has 3 nitrogen and oxygen atoms in total. The Morgan fingerprint density at radius 1 is 1.47 bits per heavy atom. The molecule has 0 radical (unpaired) electrons. The Morgan fingerprint density at radius 2 is 2.33 bits per heavy atom. The average molecular weight is 206 g/mol. The fourth-order valence-corrected chi connectivity index (χ4v) is 2.22. The number of nitrogens with zero attached hydrogens (tertiary/aromatic N) is 1. The minimum absolute atomic E-state index is 0.572. The van der Waals surface area contributed by atoms with Crippen LogP contribution < -0.4 is 10.1 Å². The third kappa shape index (κ3) is 2.22. The van der Waals surface area contributed by atoms with E-state index in [1.54, 1.807) is 13.3 Å². The van der Waals surface area contributed by atoms with Crippen LogP contribution in [0.3, 0.4) is 0 Å². The quantitative estimate of drug-likeness (QED) is 0.825. The first-order valence-electron chi connectivity index (χ1n) is 5.57.